The number of hydrogen-bond donors (Lipinski definition) is 1. The molecule has 1 fully saturated rings. The number of fused-ring (bicyclic) bond motifs is 1. The Kier molecular flexibility index (Phi) is 3.27. The number of piperidine rings is 1. The Labute approximate surface area is 113 Å². The summed E-state index contributed by atoms with van der Waals surface area (Å²) < 4.78 is 6.00. The molecule has 102 valence electrons. The van der Waals surface area contributed by atoms with E-state index in [1.54, 1.807) is 0 Å². The monoisotopic (exact) mass is 259 g/mol. The van der Waals surface area contributed by atoms with Crippen LogP contribution in [0.4, 0.5) is 0 Å². The molecular formula is C15H21N3O. The first-order valence-electron chi connectivity index (χ1n) is 7.19. The molecule has 1 saturated heterocycles. The van der Waals surface area contributed by atoms with Gasteiger partial charge in [-0.2, -0.15) is 4.98 Å². The van der Waals surface area contributed by atoms with E-state index in [9.17, 15) is 0 Å². The van der Waals surface area contributed by atoms with Crippen LogP contribution >= 0.6 is 0 Å². The quantitative estimate of drug-likeness (QED) is 0.920. The van der Waals surface area contributed by atoms with E-state index in [0.29, 0.717) is 0 Å². The molecule has 0 amide bonds. The van der Waals surface area contributed by atoms with Crippen molar-refractivity contribution in [2.45, 2.75) is 44.9 Å². The molecule has 2 aromatic heterocycles. The fourth-order valence-electron chi connectivity index (χ4n) is 3.09. The third-order valence-electron chi connectivity index (χ3n) is 4.05. The predicted octanol–water partition coefficient (Wildman–Crippen LogP) is 2.95. The van der Waals surface area contributed by atoms with Crippen LogP contribution in [0.2, 0.25) is 0 Å². The minimum Gasteiger partial charge on any atom is -0.438 e. The molecule has 0 bridgehead atoms. The first kappa shape index (κ1) is 12.6. The first-order chi connectivity index (χ1) is 9.23. The van der Waals surface area contributed by atoms with Crippen LogP contribution in [0.25, 0.3) is 11.2 Å². The van der Waals surface area contributed by atoms with E-state index in [1.165, 1.54) is 6.42 Å². The third kappa shape index (κ3) is 2.25. The summed E-state index contributed by atoms with van der Waals surface area (Å²) in [5.74, 6) is 0.870. The van der Waals surface area contributed by atoms with Gasteiger partial charge in [-0.25, -0.2) is 4.98 Å². The SMILES string of the molecule is CCCC1(c2nc3nc(C)ccc3o2)CCCNC1. The van der Waals surface area contributed by atoms with Crippen molar-refractivity contribution in [3.8, 4) is 0 Å². The summed E-state index contributed by atoms with van der Waals surface area (Å²) in [5.41, 5.74) is 2.60. The molecule has 4 nitrogen and oxygen atoms in total. The van der Waals surface area contributed by atoms with Gasteiger partial charge in [0.15, 0.2) is 11.2 Å². The molecule has 3 rings (SSSR count). The lowest BCUT2D eigenvalue weighted by atomic mass is 9.77. The highest BCUT2D eigenvalue weighted by molar-refractivity contribution is 5.67. The predicted molar refractivity (Wildman–Crippen MR) is 75.2 cm³/mol. The van der Waals surface area contributed by atoms with Crippen molar-refractivity contribution in [3.63, 3.8) is 0 Å². The molecule has 1 unspecified atom stereocenters. The Hall–Kier alpha value is -1.42. The molecule has 4 heteroatoms. The molecular weight excluding hydrogens is 238 g/mol. The highest BCUT2D eigenvalue weighted by atomic mass is 16.3. The standard InChI is InChI=1S/C15H21N3O/c1-3-7-15(8-4-9-16-10-15)14-18-13-12(19-14)6-5-11(2)17-13/h5-6,16H,3-4,7-10H2,1-2H3. The third-order valence-corrected chi connectivity index (χ3v) is 4.05. The molecule has 1 atom stereocenters. The van der Waals surface area contributed by atoms with Gasteiger partial charge in [0.05, 0.1) is 5.41 Å². The largest absolute Gasteiger partial charge is 0.438 e. The lowest BCUT2D eigenvalue weighted by Crippen LogP contribution is -2.43. The van der Waals surface area contributed by atoms with Gasteiger partial charge in [0.2, 0.25) is 5.89 Å². The zero-order valence-corrected chi connectivity index (χ0v) is 11.7. The number of rotatable bonds is 3. The van der Waals surface area contributed by atoms with Gasteiger partial charge in [0.1, 0.15) is 0 Å². The number of aryl methyl sites for hydroxylation is 1. The van der Waals surface area contributed by atoms with Gasteiger partial charge >= 0.3 is 0 Å². The summed E-state index contributed by atoms with van der Waals surface area (Å²) in [7, 11) is 0. The summed E-state index contributed by atoms with van der Waals surface area (Å²) in [4.78, 5) is 9.13. The Bertz CT molecular complexity index is 564. The van der Waals surface area contributed by atoms with Crippen LogP contribution in [-0.4, -0.2) is 23.1 Å². The lowest BCUT2D eigenvalue weighted by Gasteiger charge is -2.34. The first-order valence-corrected chi connectivity index (χ1v) is 7.19. The van der Waals surface area contributed by atoms with Crippen molar-refractivity contribution < 1.29 is 4.42 Å². The van der Waals surface area contributed by atoms with E-state index in [0.717, 1.165) is 55.2 Å². The molecule has 0 aliphatic carbocycles. The van der Waals surface area contributed by atoms with Crippen LogP contribution in [0.1, 0.15) is 44.2 Å². The number of oxazole rings is 1. The number of aromatic nitrogens is 2. The van der Waals surface area contributed by atoms with Crippen LogP contribution in [0.15, 0.2) is 16.5 Å². The van der Waals surface area contributed by atoms with E-state index in [1.807, 2.05) is 19.1 Å². The molecule has 0 saturated carbocycles. The molecule has 19 heavy (non-hydrogen) atoms. The van der Waals surface area contributed by atoms with Crippen LogP contribution in [0.3, 0.4) is 0 Å². The highest BCUT2D eigenvalue weighted by Crippen LogP contribution is 2.36. The van der Waals surface area contributed by atoms with Crippen LogP contribution in [-0.2, 0) is 5.41 Å². The van der Waals surface area contributed by atoms with Crippen molar-refractivity contribution >= 4 is 11.2 Å². The summed E-state index contributed by atoms with van der Waals surface area (Å²) >= 11 is 0. The van der Waals surface area contributed by atoms with Crippen molar-refractivity contribution in [1.82, 2.24) is 15.3 Å². The lowest BCUT2D eigenvalue weighted by molar-refractivity contribution is 0.239. The summed E-state index contributed by atoms with van der Waals surface area (Å²) in [6, 6.07) is 3.95. The molecule has 0 aromatic carbocycles. The number of pyridine rings is 1. The Balaban J connectivity index is 2.04. The topological polar surface area (TPSA) is 51.0 Å². The maximum absolute atomic E-state index is 6.00. The molecule has 1 aliphatic rings. The zero-order valence-electron chi connectivity index (χ0n) is 11.7. The highest BCUT2D eigenvalue weighted by Gasteiger charge is 2.37. The van der Waals surface area contributed by atoms with E-state index in [2.05, 4.69) is 22.2 Å². The number of hydrogen-bond acceptors (Lipinski definition) is 4. The minimum atomic E-state index is 0.0571. The molecule has 0 spiro atoms. The van der Waals surface area contributed by atoms with Crippen LogP contribution < -0.4 is 5.32 Å². The molecule has 1 N–H and O–H groups in total. The van der Waals surface area contributed by atoms with Gasteiger partial charge in [-0.3, -0.25) is 0 Å². The smallest absolute Gasteiger partial charge is 0.204 e. The minimum absolute atomic E-state index is 0.0571. The van der Waals surface area contributed by atoms with Crippen molar-refractivity contribution in [1.29, 1.82) is 0 Å². The normalized spacial score (nSPS) is 23.9. The van der Waals surface area contributed by atoms with Crippen LogP contribution in [0, 0.1) is 6.92 Å². The van der Waals surface area contributed by atoms with Crippen molar-refractivity contribution in [3.05, 3.63) is 23.7 Å². The van der Waals surface area contributed by atoms with E-state index >= 15 is 0 Å². The van der Waals surface area contributed by atoms with E-state index in [-0.39, 0.29) is 5.41 Å². The summed E-state index contributed by atoms with van der Waals surface area (Å²) in [5, 5.41) is 3.49. The molecule has 3 heterocycles. The van der Waals surface area contributed by atoms with Gasteiger partial charge < -0.3 is 9.73 Å². The van der Waals surface area contributed by atoms with Gasteiger partial charge in [0.25, 0.3) is 0 Å². The second-order valence-corrected chi connectivity index (χ2v) is 5.60. The fraction of sp³-hybridized carbons (Fsp3) is 0.600. The van der Waals surface area contributed by atoms with E-state index in [4.69, 9.17) is 4.42 Å². The molecule has 1 aliphatic heterocycles. The Morgan fingerprint density at radius 2 is 2.26 bits per heavy atom. The maximum Gasteiger partial charge on any atom is 0.204 e. The van der Waals surface area contributed by atoms with Crippen molar-refractivity contribution in [2.24, 2.45) is 0 Å². The van der Waals surface area contributed by atoms with Gasteiger partial charge in [-0.1, -0.05) is 13.3 Å². The second-order valence-electron chi connectivity index (χ2n) is 5.60. The Morgan fingerprint density at radius 1 is 1.37 bits per heavy atom. The molecule has 0 radical (unpaired) electrons. The van der Waals surface area contributed by atoms with Gasteiger partial charge in [-0.15, -0.1) is 0 Å². The summed E-state index contributed by atoms with van der Waals surface area (Å²) in [6.45, 7) is 6.27. The van der Waals surface area contributed by atoms with E-state index < -0.39 is 0 Å². The second kappa shape index (κ2) is 4.93. The zero-order chi connectivity index (χ0) is 13.3. The maximum atomic E-state index is 6.00. The molecule has 2 aromatic rings. The van der Waals surface area contributed by atoms with Gasteiger partial charge in [-0.05, 0) is 44.9 Å². The Morgan fingerprint density at radius 3 is 3.00 bits per heavy atom. The van der Waals surface area contributed by atoms with Crippen molar-refractivity contribution in [2.75, 3.05) is 13.1 Å². The average molecular weight is 259 g/mol. The average Bonchev–Trinajstić information content (AvgIpc) is 2.83. The summed E-state index contributed by atoms with van der Waals surface area (Å²) in [6.07, 6.45) is 4.60. The number of nitrogens with one attached hydrogen (secondary N) is 1. The van der Waals surface area contributed by atoms with Crippen LogP contribution in [0.5, 0.6) is 0 Å². The number of nitrogens with zero attached hydrogens (tertiary/aromatic N) is 2. The fourth-order valence-corrected chi connectivity index (χ4v) is 3.09. The van der Waals surface area contributed by atoms with Gasteiger partial charge in [0, 0.05) is 12.2 Å².